The van der Waals surface area contributed by atoms with E-state index in [2.05, 4.69) is 6.07 Å². The Morgan fingerprint density at radius 1 is 1.03 bits per heavy atom. The summed E-state index contributed by atoms with van der Waals surface area (Å²) in [4.78, 5) is 28.7. The van der Waals surface area contributed by atoms with Gasteiger partial charge in [-0.2, -0.15) is 0 Å². The Balaban J connectivity index is 1.97. The molecule has 6 heteroatoms. The third-order valence-electron chi connectivity index (χ3n) is 6.94. The molecule has 0 radical (unpaired) electrons. The van der Waals surface area contributed by atoms with Crippen LogP contribution >= 0.6 is 0 Å². The van der Waals surface area contributed by atoms with Gasteiger partial charge in [0.1, 0.15) is 6.04 Å². The zero-order chi connectivity index (χ0) is 23.1. The summed E-state index contributed by atoms with van der Waals surface area (Å²) in [6.45, 7) is 4.98. The molecule has 0 N–H and O–H groups in total. The molecule has 32 heavy (non-hydrogen) atoms. The molecule has 1 aromatic carbocycles. The highest BCUT2D eigenvalue weighted by Gasteiger charge is 2.40. The van der Waals surface area contributed by atoms with Crippen molar-refractivity contribution in [3.05, 3.63) is 23.3 Å². The van der Waals surface area contributed by atoms with E-state index in [9.17, 15) is 9.59 Å². The number of esters is 1. The number of likely N-dealkylation sites (tertiary alicyclic amines) is 1. The third-order valence-corrected chi connectivity index (χ3v) is 6.94. The van der Waals surface area contributed by atoms with Crippen LogP contribution in [0.2, 0.25) is 0 Å². The zero-order valence-corrected chi connectivity index (χ0v) is 20.2. The van der Waals surface area contributed by atoms with Gasteiger partial charge in [0, 0.05) is 6.54 Å². The number of benzene rings is 1. The maximum atomic E-state index is 14.1. The van der Waals surface area contributed by atoms with Crippen LogP contribution in [0.1, 0.15) is 81.8 Å². The highest BCUT2D eigenvalue weighted by atomic mass is 16.5. The minimum Gasteiger partial charge on any atom is -0.493 e. The molecule has 2 fully saturated rings. The fourth-order valence-corrected chi connectivity index (χ4v) is 5.36. The van der Waals surface area contributed by atoms with Crippen molar-refractivity contribution in [1.29, 1.82) is 0 Å². The van der Waals surface area contributed by atoms with Crippen molar-refractivity contribution in [2.24, 2.45) is 5.92 Å². The average molecular weight is 446 g/mol. The predicted molar refractivity (Wildman–Crippen MR) is 124 cm³/mol. The second kappa shape index (κ2) is 11.6. The summed E-state index contributed by atoms with van der Waals surface area (Å²) in [5, 5.41) is 0. The summed E-state index contributed by atoms with van der Waals surface area (Å²) in [7, 11) is 3.26. The summed E-state index contributed by atoms with van der Waals surface area (Å²) in [6, 6.07) is 3.54. The van der Waals surface area contributed by atoms with Crippen molar-refractivity contribution in [2.45, 2.75) is 83.6 Å². The molecule has 1 saturated heterocycles. The standard InChI is InChI=1S/C26H39NO5/c1-5-15-32-26(29)21-13-9-10-14-27(21)25(28)23(19-11-7-6-8-12-19)20-16-18(2)24(31-4)22(17-20)30-3/h16-17,19,21,23H,5-15H2,1-4H3/t21-,23-/m0/s1. The van der Waals surface area contributed by atoms with Crippen molar-refractivity contribution in [1.82, 2.24) is 4.90 Å². The molecule has 0 unspecified atom stereocenters. The molecule has 178 valence electrons. The van der Waals surface area contributed by atoms with Crippen LogP contribution in [-0.2, 0) is 14.3 Å². The number of amides is 1. The molecule has 1 amide bonds. The van der Waals surface area contributed by atoms with Crippen LogP contribution in [0.15, 0.2) is 12.1 Å². The van der Waals surface area contributed by atoms with Crippen molar-refractivity contribution in [3.8, 4) is 11.5 Å². The van der Waals surface area contributed by atoms with Crippen LogP contribution in [0.4, 0.5) is 0 Å². The molecule has 1 aliphatic heterocycles. The van der Waals surface area contributed by atoms with Gasteiger partial charge in [0.2, 0.25) is 5.91 Å². The van der Waals surface area contributed by atoms with Gasteiger partial charge in [-0.3, -0.25) is 4.79 Å². The lowest BCUT2D eigenvalue weighted by Crippen LogP contribution is -2.51. The van der Waals surface area contributed by atoms with Gasteiger partial charge in [0.15, 0.2) is 11.5 Å². The van der Waals surface area contributed by atoms with Gasteiger partial charge in [-0.05, 0) is 68.6 Å². The maximum absolute atomic E-state index is 14.1. The quantitative estimate of drug-likeness (QED) is 0.526. The van der Waals surface area contributed by atoms with Gasteiger partial charge in [-0.25, -0.2) is 4.79 Å². The van der Waals surface area contributed by atoms with Gasteiger partial charge in [-0.1, -0.05) is 32.3 Å². The first-order valence-electron chi connectivity index (χ1n) is 12.2. The number of hydrogen-bond donors (Lipinski definition) is 0. The molecule has 6 nitrogen and oxygen atoms in total. The van der Waals surface area contributed by atoms with E-state index < -0.39 is 6.04 Å². The largest absolute Gasteiger partial charge is 0.493 e. The first kappa shape index (κ1) is 24.4. The average Bonchev–Trinajstić information content (AvgIpc) is 2.82. The lowest BCUT2D eigenvalue weighted by Gasteiger charge is -2.39. The molecule has 1 heterocycles. The molecule has 0 aromatic heterocycles. The molecule has 1 saturated carbocycles. The number of nitrogens with zero attached hydrogens (tertiary/aromatic N) is 1. The van der Waals surface area contributed by atoms with E-state index in [1.54, 1.807) is 14.2 Å². The lowest BCUT2D eigenvalue weighted by molar-refractivity contribution is -0.158. The Morgan fingerprint density at radius 2 is 1.75 bits per heavy atom. The highest BCUT2D eigenvalue weighted by molar-refractivity contribution is 5.89. The summed E-state index contributed by atoms with van der Waals surface area (Å²) in [5.74, 6) is 1.13. The fourth-order valence-electron chi connectivity index (χ4n) is 5.36. The Hall–Kier alpha value is -2.24. The van der Waals surface area contributed by atoms with Crippen molar-refractivity contribution in [3.63, 3.8) is 0 Å². The Bertz CT molecular complexity index is 787. The molecule has 2 atom stereocenters. The van der Waals surface area contributed by atoms with E-state index >= 15 is 0 Å². The van der Waals surface area contributed by atoms with E-state index in [4.69, 9.17) is 14.2 Å². The van der Waals surface area contributed by atoms with Crippen LogP contribution < -0.4 is 9.47 Å². The van der Waals surface area contributed by atoms with Gasteiger partial charge in [-0.15, -0.1) is 0 Å². The SMILES string of the molecule is CCCOC(=O)[C@@H]1CCCCN1C(=O)[C@H](c1cc(C)c(OC)c(OC)c1)C1CCCCC1. The zero-order valence-electron chi connectivity index (χ0n) is 20.2. The second-order valence-electron chi connectivity index (χ2n) is 9.16. The normalized spacial score (nSPS) is 20.5. The van der Waals surface area contributed by atoms with E-state index in [1.165, 1.54) is 6.42 Å². The van der Waals surface area contributed by atoms with Gasteiger partial charge < -0.3 is 19.1 Å². The maximum Gasteiger partial charge on any atom is 0.328 e. The minimum atomic E-state index is -0.477. The molecule has 2 aliphatic rings. The van der Waals surface area contributed by atoms with Gasteiger partial charge in [0.05, 0.1) is 26.7 Å². The summed E-state index contributed by atoms with van der Waals surface area (Å²) in [5.41, 5.74) is 1.91. The second-order valence-corrected chi connectivity index (χ2v) is 9.16. The highest BCUT2D eigenvalue weighted by Crippen LogP contribution is 2.42. The first-order chi connectivity index (χ1) is 15.5. The Kier molecular flexibility index (Phi) is 8.83. The summed E-state index contributed by atoms with van der Waals surface area (Å²) < 4.78 is 16.6. The number of carbonyl (C=O) groups excluding carboxylic acids is 2. The number of ether oxygens (including phenoxy) is 3. The van der Waals surface area contributed by atoms with Gasteiger partial charge >= 0.3 is 5.97 Å². The number of methoxy groups -OCH3 is 2. The first-order valence-corrected chi connectivity index (χ1v) is 12.2. The van der Waals surface area contributed by atoms with Crippen LogP contribution in [0.5, 0.6) is 11.5 Å². The van der Waals surface area contributed by atoms with E-state index in [-0.39, 0.29) is 23.7 Å². The summed E-state index contributed by atoms with van der Waals surface area (Å²) >= 11 is 0. The van der Waals surface area contributed by atoms with Crippen LogP contribution in [-0.4, -0.2) is 50.2 Å². The molecule has 0 bridgehead atoms. The van der Waals surface area contributed by atoms with Crippen molar-refractivity contribution in [2.75, 3.05) is 27.4 Å². The van der Waals surface area contributed by atoms with Crippen molar-refractivity contribution >= 4 is 11.9 Å². The minimum absolute atomic E-state index is 0.0571. The third kappa shape index (κ3) is 5.38. The van der Waals surface area contributed by atoms with E-state index in [1.807, 2.05) is 24.8 Å². The molecule has 1 aromatic rings. The fraction of sp³-hybridized carbons (Fsp3) is 0.692. The number of hydrogen-bond acceptors (Lipinski definition) is 5. The smallest absolute Gasteiger partial charge is 0.328 e. The molecular weight excluding hydrogens is 406 g/mol. The van der Waals surface area contributed by atoms with E-state index in [0.29, 0.717) is 31.1 Å². The molecular formula is C26H39NO5. The number of aryl methyl sites for hydroxylation is 1. The van der Waals surface area contributed by atoms with Crippen molar-refractivity contribution < 1.29 is 23.8 Å². The van der Waals surface area contributed by atoms with Crippen LogP contribution in [0.3, 0.4) is 0 Å². The molecule has 3 rings (SSSR count). The number of carbonyl (C=O) groups is 2. The lowest BCUT2D eigenvalue weighted by atomic mass is 9.75. The van der Waals surface area contributed by atoms with E-state index in [0.717, 1.165) is 56.1 Å². The summed E-state index contributed by atoms with van der Waals surface area (Å²) in [6.07, 6.45) is 8.89. The van der Waals surface area contributed by atoms with Crippen LogP contribution in [0, 0.1) is 12.8 Å². The number of rotatable bonds is 8. The topological polar surface area (TPSA) is 65.1 Å². The van der Waals surface area contributed by atoms with Crippen LogP contribution in [0.25, 0.3) is 0 Å². The molecule has 1 aliphatic carbocycles. The van der Waals surface area contributed by atoms with Gasteiger partial charge in [0.25, 0.3) is 0 Å². The monoisotopic (exact) mass is 445 g/mol. The molecule has 0 spiro atoms. The Morgan fingerprint density at radius 3 is 2.41 bits per heavy atom. The Labute approximate surface area is 192 Å². The predicted octanol–water partition coefficient (Wildman–Crippen LogP) is 5.01. The number of piperidine rings is 1.